The van der Waals surface area contributed by atoms with Gasteiger partial charge in [-0.05, 0) is 170 Å². The molecule has 0 amide bonds. The van der Waals surface area contributed by atoms with Gasteiger partial charge < -0.3 is 0 Å². The molecule has 11 aromatic rings. The fourth-order valence-electron chi connectivity index (χ4n) is 6.49. The molecule has 0 aliphatic heterocycles. The zero-order valence-electron chi connectivity index (χ0n) is 69.9. The van der Waals surface area contributed by atoms with Crippen LogP contribution in [0.4, 0.5) is 0 Å². The summed E-state index contributed by atoms with van der Waals surface area (Å²) in [6.07, 6.45) is 20.7. The van der Waals surface area contributed by atoms with Crippen LogP contribution in [0.25, 0.3) is 21.5 Å². The molecule has 0 spiro atoms. The van der Waals surface area contributed by atoms with Crippen LogP contribution in [0.1, 0.15) is 241 Å². The molecule has 3 aromatic carbocycles. The van der Waals surface area contributed by atoms with Crippen molar-refractivity contribution in [1.29, 1.82) is 0 Å². The highest BCUT2D eigenvalue weighted by molar-refractivity contribution is 6.07. The van der Waals surface area contributed by atoms with Crippen LogP contribution in [0.15, 0.2) is 141 Å². The van der Waals surface area contributed by atoms with Gasteiger partial charge in [0.15, 0.2) is 0 Å². The molecular formula is C83H137N17. The molecule has 0 bridgehead atoms. The minimum atomic E-state index is 0.775. The van der Waals surface area contributed by atoms with Gasteiger partial charge >= 0.3 is 0 Å². The first-order valence-corrected chi connectivity index (χ1v) is 35.9. The topological polar surface area (TPSA) is 219 Å². The van der Waals surface area contributed by atoms with Crippen LogP contribution < -0.4 is 0 Å². The third kappa shape index (κ3) is 61.1. The molecule has 0 radical (unpaired) electrons. The SMILES string of the molecule is CC.CC.CC.CC.CC.CC.CC.CC.CC.CC.Cc1cc(C)ncn1.Cc1ccc2c(ccc3cc(C)ccc32)c1.Cc1ccnc(C)n1.Cc1ccnc(C)n1.Cc1cnc(C)cn1.Cc1cnc(C)cn1.Cc1cnc(C)nc1.Cc1cncc(C)n1.Cc1ncnc(C)n1. The van der Waals surface area contributed by atoms with Crippen molar-refractivity contribution >= 4 is 21.5 Å². The summed E-state index contributed by atoms with van der Waals surface area (Å²) in [5.74, 6) is 4.06. The van der Waals surface area contributed by atoms with Crippen LogP contribution in [0.2, 0.25) is 0 Å². The van der Waals surface area contributed by atoms with Crippen LogP contribution in [-0.4, -0.2) is 84.7 Å². The summed E-state index contributed by atoms with van der Waals surface area (Å²) in [7, 11) is 0. The minimum absolute atomic E-state index is 0.775. The van der Waals surface area contributed by atoms with Crippen molar-refractivity contribution in [1.82, 2.24) is 84.7 Å². The van der Waals surface area contributed by atoms with Crippen molar-refractivity contribution in [3.05, 3.63) is 244 Å². The number of hydrogen-bond donors (Lipinski definition) is 0. The van der Waals surface area contributed by atoms with E-state index in [1.165, 1.54) is 39.0 Å². The number of aryl methyl sites for hydroxylation is 18. The lowest BCUT2D eigenvalue weighted by Crippen LogP contribution is -1.91. The third-order valence-corrected chi connectivity index (χ3v) is 10.3. The summed E-state index contributed by atoms with van der Waals surface area (Å²) in [5.41, 5.74) is 13.7. The first-order chi connectivity index (χ1) is 48.0. The zero-order chi connectivity index (χ0) is 79.0. The first kappa shape index (κ1) is 107. The maximum atomic E-state index is 4.11. The number of fused-ring (bicyclic) bond motifs is 3. The van der Waals surface area contributed by atoms with E-state index in [4.69, 9.17) is 0 Å². The number of aromatic nitrogens is 17. The molecule has 0 fully saturated rings. The Bertz CT molecular complexity index is 2980. The van der Waals surface area contributed by atoms with Crippen LogP contribution in [0.5, 0.6) is 0 Å². The fourth-order valence-corrected chi connectivity index (χ4v) is 6.49. The Labute approximate surface area is 610 Å². The van der Waals surface area contributed by atoms with Crippen molar-refractivity contribution in [2.24, 2.45) is 0 Å². The average Bonchev–Trinajstić information content (AvgIpc) is 0.789. The average molecular weight is 1370 g/mol. The van der Waals surface area contributed by atoms with Crippen LogP contribution >= 0.6 is 0 Å². The smallest absolute Gasteiger partial charge is 0.129 e. The predicted octanol–water partition coefficient (Wildman–Crippen LogP) is 23.0. The van der Waals surface area contributed by atoms with E-state index >= 15 is 0 Å². The number of benzene rings is 3. The van der Waals surface area contributed by atoms with E-state index in [2.05, 4.69) is 147 Å². The molecule has 100 heavy (non-hydrogen) atoms. The largest absolute Gasteiger partial charge is 0.261 e. The normalized spacial score (nSPS) is 8.30. The summed E-state index contributed by atoms with van der Waals surface area (Å²) in [6.45, 7) is 74.9. The summed E-state index contributed by atoms with van der Waals surface area (Å²) in [5, 5.41) is 5.36. The lowest BCUT2D eigenvalue weighted by molar-refractivity contribution is 0.920. The van der Waals surface area contributed by atoms with Crippen LogP contribution in [-0.2, 0) is 0 Å². The number of hydrogen-bond acceptors (Lipinski definition) is 17. The molecule has 554 valence electrons. The van der Waals surface area contributed by atoms with Gasteiger partial charge in [-0.2, -0.15) is 0 Å². The molecular weight excluding hydrogens is 1240 g/mol. The Morgan fingerprint density at radius 3 is 0.700 bits per heavy atom. The van der Waals surface area contributed by atoms with Crippen molar-refractivity contribution in [3.63, 3.8) is 0 Å². The maximum absolute atomic E-state index is 4.11. The molecule has 8 heterocycles. The molecule has 0 saturated carbocycles. The summed E-state index contributed by atoms with van der Waals surface area (Å²) in [6, 6.07) is 23.4. The van der Waals surface area contributed by atoms with E-state index in [9.17, 15) is 0 Å². The van der Waals surface area contributed by atoms with Crippen LogP contribution in [0, 0.1) is 125 Å². The van der Waals surface area contributed by atoms with E-state index in [1.54, 1.807) is 55.9 Å². The van der Waals surface area contributed by atoms with Gasteiger partial charge in [0, 0.05) is 84.7 Å². The maximum Gasteiger partial charge on any atom is 0.129 e. The second-order valence-electron chi connectivity index (χ2n) is 18.6. The minimum Gasteiger partial charge on any atom is -0.261 e. The van der Waals surface area contributed by atoms with Gasteiger partial charge in [-0.3, -0.25) is 29.9 Å². The van der Waals surface area contributed by atoms with E-state index in [0.717, 1.165) is 91.6 Å². The molecule has 17 nitrogen and oxygen atoms in total. The van der Waals surface area contributed by atoms with Gasteiger partial charge in [-0.25, -0.2) is 54.8 Å². The molecule has 0 unspecified atom stereocenters. The molecule has 0 saturated heterocycles. The second kappa shape index (κ2) is 75.5. The first-order valence-electron chi connectivity index (χ1n) is 35.9. The standard InChI is InChI=1S/C16H14.7C6H8N2.C5H7N3.10C2H6/c1-11-3-7-15-13(9-11)5-6-14-10-12(2)4-8-16(14)15;2*1-5-3-8-6(2)4-7-5;1-5-3-7-4-6(2)8-5;1-5-3-6(2)8-4-7-5;1-5-3-7-6(2)8-4-5;2*1-5-3-4-7-6(2)8-5;1-4-6-3-7-5(2)8-4;10*1-2/h3-10H,1-2H3;7*3-4H,1-2H3;3H,1-2H3;10*1-2H3. The zero-order valence-corrected chi connectivity index (χ0v) is 69.9. The number of nitrogens with zero attached hydrogens (tertiary/aromatic N) is 17. The molecule has 0 aliphatic carbocycles. The van der Waals surface area contributed by atoms with Gasteiger partial charge in [0.1, 0.15) is 41.8 Å². The van der Waals surface area contributed by atoms with Gasteiger partial charge in [0.2, 0.25) is 0 Å². The Morgan fingerprint density at radius 2 is 0.490 bits per heavy atom. The highest BCUT2D eigenvalue weighted by Crippen LogP contribution is 2.26. The fraction of sp³-hybridized carbons (Fsp3) is 0.458. The summed E-state index contributed by atoms with van der Waals surface area (Å²) in [4.78, 5) is 67.5. The van der Waals surface area contributed by atoms with Gasteiger partial charge in [0.05, 0.1) is 34.2 Å². The Kier molecular flexibility index (Phi) is 80.6. The molecule has 0 aliphatic rings. The van der Waals surface area contributed by atoms with Gasteiger partial charge in [-0.15, -0.1) is 0 Å². The van der Waals surface area contributed by atoms with E-state index in [0.29, 0.717) is 0 Å². The Morgan fingerprint density at radius 1 is 0.190 bits per heavy atom. The quantitative estimate of drug-likeness (QED) is 0.129. The monoisotopic (exact) mass is 1370 g/mol. The van der Waals surface area contributed by atoms with Crippen molar-refractivity contribution in [3.8, 4) is 0 Å². The highest BCUT2D eigenvalue weighted by Gasteiger charge is 2.01. The predicted molar refractivity (Wildman–Crippen MR) is 434 cm³/mol. The summed E-state index contributed by atoms with van der Waals surface area (Å²) >= 11 is 0. The lowest BCUT2D eigenvalue weighted by atomic mass is 9.99. The molecule has 0 N–H and O–H groups in total. The molecule has 8 aromatic heterocycles. The summed E-state index contributed by atoms with van der Waals surface area (Å²) < 4.78 is 0. The van der Waals surface area contributed by atoms with Crippen molar-refractivity contribution in [2.75, 3.05) is 0 Å². The van der Waals surface area contributed by atoms with Gasteiger partial charge in [0.25, 0.3) is 0 Å². The Hall–Kier alpha value is -9.25. The van der Waals surface area contributed by atoms with E-state index in [-0.39, 0.29) is 0 Å². The number of rotatable bonds is 0. The molecule has 11 rings (SSSR count). The molecule has 0 atom stereocenters. The third-order valence-electron chi connectivity index (χ3n) is 10.3. The Balaban J connectivity index is -0.000000155. The van der Waals surface area contributed by atoms with Crippen molar-refractivity contribution < 1.29 is 0 Å². The highest BCUT2D eigenvalue weighted by atomic mass is 15.0. The van der Waals surface area contributed by atoms with Crippen LogP contribution in [0.3, 0.4) is 0 Å². The second-order valence-corrected chi connectivity index (χ2v) is 18.6. The van der Waals surface area contributed by atoms with E-state index in [1.807, 2.05) is 280 Å². The van der Waals surface area contributed by atoms with Gasteiger partial charge in [-0.1, -0.05) is 198 Å². The molecule has 17 heteroatoms. The lowest BCUT2D eigenvalue weighted by Gasteiger charge is -2.05. The van der Waals surface area contributed by atoms with E-state index < -0.39 is 0 Å². The van der Waals surface area contributed by atoms with Crippen molar-refractivity contribution in [2.45, 2.75) is 263 Å².